The van der Waals surface area contributed by atoms with Gasteiger partial charge in [-0.1, -0.05) is 0 Å². The van der Waals surface area contributed by atoms with E-state index in [1.54, 1.807) is 0 Å². The van der Waals surface area contributed by atoms with Gasteiger partial charge in [0.05, 0.1) is 5.54 Å². The first kappa shape index (κ1) is 9.93. The molecular formula is C10H18N2O2. The van der Waals surface area contributed by atoms with E-state index in [0.29, 0.717) is 0 Å². The lowest BCUT2D eigenvalue weighted by molar-refractivity contribution is -0.131. The van der Waals surface area contributed by atoms with Crippen LogP contribution in [0.5, 0.6) is 0 Å². The van der Waals surface area contributed by atoms with Crippen LogP contribution < -0.4 is 10.6 Å². The van der Waals surface area contributed by atoms with Crippen molar-refractivity contribution in [2.45, 2.75) is 37.8 Å². The molecule has 0 spiro atoms. The highest BCUT2D eigenvalue weighted by atomic mass is 16.5. The summed E-state index contributed by atoms with van der Waals surface area (Å²) in [5, 5.41) is 6.32. The summed E-state index contributed by atoms with van der Waals surface area (Å²) < 4.78 is 5.34. The largest absolute Gasteiger partial charge is 0.368 e. The number of rotatable bonds is 2. The highest BCUT2D eigenvalue weighted by Crippen LogP contribution is 2.17. The highest BCUT2D eigenvalue weighted by molar-refractivity contribution is 5.81. The maximum absolute atomic E-state index is 11.7. The first-order valence-electron chi connectivity index (χ1n) is 5.34. The molecule has 2 aliphatic heterocycles. The molecule has 2 atom stereocenters. The van der Waals surface area contributed by atoms with E-state index in [-0.39, 0.29) is 17.6 Å². The Morgan fingerprint density at radius 2 is 2.50 bits per heavy atom. The minimum absolute atomic E-state index is 0.0636. The summed E-state index contributed by atoms with van der Waals surface area (Å²) in [7, 11) is 0. The van der Waals surface area contributed by atoms with Gasteiger partial charge in [0.1, 0.15) is 6.10 Å². The number of ether oxygens (including phenoxy) is 1. The molecule has 0 saturated carbocycles. The van der Waals surface area contributed by atoms with Crippen LogP contribution in [-0.4, -0.2) is 37.2 Å². The fourth-order valence-electron chi connectivity index (χ4n) is 2.09. The van der Waals surface area contributed by atoms with Crippen LogP contribution in [-0.2, 0) is 9.53 Å². The number of hydrogen-bond donors (Lipinski definition) is 2. The summed E-state index contributed by atoms with van der Waals surface area (Å²) in [6.07, 6.45) is 2.68. The third kappa shape index (κ3) is 2.07. The van der Waals surface area contributed by atoms with Crippen molar-refractivity contribution >= 4 is 5.91 Å². The molecule has 2 N–H and O–H groups in total. The Morgan fingerprint density at radius 1 is 1.64 bits per heavy atom. The molecule has 80 valence electrons. The standard InChI is InChI=1S/C10H18N2O2/c1-10(4-5-11-7-10)12-9(13)8-3-2-6-14-8/h8,11H,2-7H2,1H3,(H,12,13)/t8-,10?/m0/s1. The average molecular weight is 198 g/mol. The predicted octanol–water partition coefficient (Wildman–Crippen LogP) is 0.0336. The van der Waals surface area contributed by atoms with Crippen LogP contribution in [0.4, 0.5) is 0 Å². The Labute approximate surface area is 84.4 Å². The lowest BCUT2D eigenvalue weighted by Gasteiger charge is -2.26. The lowest BCUT2D eigenvalue weighted by atomic mass is 10.0. The number of hydrogen-bond acceptors (Lipinski definition) is 3. The van der Waals surface area contributed by atoms with E-state index in [4.69, 9.17) is 4.74 Å². The summed E-state index contributed by atoms with van der Waals surface area (Å²) in [4.78, 5) is 11.7. The van der Waals surface area contributed by atoms with Crippen LogP contribution >= 0.6 is 0 Å². The van der Waals surface area contributed by atoms with Crippen molar-refractivity contribution in [1.29, 1.82) is 0 Å². The molecule has 2 fully saturated rings. The maximum atomic E-state index is 11.7. The van der Waals surface area contributed by atoms with Gasteiger partial charge in [-0.25, -0.2) is 0 Å². The molecule has 0 aromatic heterocycles. The first-order valence-corrected chi connectivity index (χ1v) is 5.34. The van der Waals surface area contributed by atoms with Crippen LogP contribution in [0.15, 0.2) is 0 Å². The van der Waals surface area contributed by atoms with Crippen molar-refractivity contribution in [3.8, 4) is 0 Å². The van der Waals surface area contributed by atoms with Crippen LogP contribution in [0.25, 0.3) is 0 Å². The van der Waals surface area contributed by atoms with E-state index in [1.807, 2.05) is 0 Å². The quantitative estimate of drug-likeness (QED) is 0.658. The smallest absolute Gasteiger partial charge is 0.249 e. The van der Waals surface area contributed by atoms with E-state index in [1.165, 1.54) is 0 Å². The Morgan fingerprint density at radius 3 is 3.07 bits per heavy atom. The number of nitrogens with one attached hydrogen (secondary N) is 2. The second-order valence-electron chi connectivity index (χ2n) is 4.48. The second kappa shape index (κ2) is 3.87. The molecule has 1 unspecified atom stereocenters. The molecule has 0 aliphatic carbocycles. The van der Waals surface area contributed by atoms with Crippen molar-refractivity contribution < 1.29 is 9.53 Å². The van der Waals surface area contributed by atoms with Crippen LogP contribution in [0.3, 0.4) is 0 Å². The highest BCUT2D eigenvalue weighted by Gasteiger charge is 2.33. The summed E-state index contributed by atoms with van der Waals surface area (Å²) >= 11 is 0. The lowest BCUT2D eigenvalue weighted by Crippen LogP contribution is -2.50. The van der Waals surface area contributed by atoms with Gasteiger partial charge in [-0.15, -0.1) is 0 Å². The molecule has 0 aromatic carbocycles. The Kier molecular flexibility index (Phi) is 2.74. The van der Waals surface area contributed by atoms with Crippen molar-refractivity contribution in [1.82, 2.24) is 10.6 Å². The maximum Gasteiger partial charge on any atom is 0.249 e. The van der Waals surface area contributed by atoms with Gasteiger partial charge < -0.3 is 15.4 Å². The zero-order valence-electron chi connectivity index (χ0n) is 8.64. The van der Waals surface area contributed by atoms with E-state index < -0.39 is 0 Å². The topological polar surface area (TPSA) is 50.4 Å². The summed E-state index contributed by atoms with van der Waals surface area (Å²) in [6.45, 7) is 4.67. The molecule has 0 radical (unpaired) electrons. The summed E-state index contributed by atoms with van der Waals surface area (Å²) in [5.41, 5.74) is -0.0664. The zero-order chi connectivity index (χ0) is 10.0. The molecule has 4 nitrogen and oxygen atoms in total. The van der Waals surface area contributed by atoms with Gasteiger partial charge in [0.25, 0.3) is 0 Å². The number of amides is 1. The van der Waals surface area contributed by atoms with Gasteiger partial charge >= 0.3 is 0 Å². The van der Waals surface area contributed by atoms with Gasteiger partial charge in [-0.2, -0.15) is 0 Å². The van der Waals surface area contributed by atoms with Crippen LogP contribution in [0.2, 0.25) is 0 Å². The van der Waals surface area contributed by atoms with Crippen molar-refractivity contribution in [2.24, 2.45) is 0 Å². The van der Waals surface area contributed by atoms with Gasteiger partial charge in [0.2, 0.25) is 5.91 Å². The minimum atomic E-state index is -0.201. The Hall–Kier alpha value is -0.610. The third-order valence-corrected chi connectivity index (χ3v) is 3.02. The van der Waals surface area contributed by atoms with Crippen molar-refractivity contribution in [3.63, 3.8) is 0 Å². The molecule has 1 amide bonds. The molecule has 2 heterocycles. The monoisotopic (exact) mass is 198 g/mol. The molecule has 14 heavy (non-hydrogen) atoms. The molecule has 2 saturated heterocycles. The van der Waals surface area contributed by atoms with E-state index in [9.17, 15) is 4.79 Å². The number of carbonyl (C=O) groups excluding carboxylic acids is 1. The molecule has 0 aromatic rings. The molecular weight excluding hydrogens is 180 g/mol. The van der Waals surface area contributed by atoms with Crippen molar-refractivity contribution in [3.05, 3.63) is 0 Å². The summed E-state index contributed by atoms with van der Waals surface area (Å²) in [5.74, 6) is 0.0636. The molecule has 4 heteroatoms. The third-order valence-electron chi connectivity index (χ3n) is 3.02. The van der Waals surface area contributed by atoms with Crippen molar-refractivity contribution in [2.75, 3.05) is 19.7 Å². The van der Waals surface area contributed by atoms with E-state index in [2.05, 4.69) is 17.6 Å². The summed E-state index contributed by atoms with van der Waals surface area (Å²) in [6, 6.07) is 0. The first-order chi connectivity index (χ1) is 6.70. The van der Waals surface area contributed by atoms with Gasteiger partial charge in [0.15, 0.2) is 0 Å². The van der Waals surface area contributed by atoms with Crippen LogP contribution in [0, 0.1) is 0 Å². The van der Waals surface area contributed by atoms with E-state index >= 15 is 0 Å². The van der Waals surface area contributed by atoms with Crippen LogP contribution in [0.1, 0.15) is 26.2 Å². The molecule has 0 bridgehead atoms. The zero-order valence-corrected chi connectivity index (χ0v) is 8.64. The van der Waals surface area contributed by atoms with Gasteiger partial charge in [-0.05, 0) is 32.7 Å². The van der Waals surface area contributed by atoms with Gasteiger partial charge in [0, 0.05) is 13.2 Å². The Bertz CT molecular complexity index is 218. The second-order valence-corrected chi connectivity index (χ2v) is 4.48. The van der Waals surface area contributed by atoms with E-state index in [0.717, 1.165) is 39.0 Å². The normalized spacial score (nSPS) is 37.4. The average Bonchev–Trinajstić information content (AvgIpc) is 2.74. The molecule has 2 aliphatic rings. The predicted molar refractivity (Wildman–Crippen MR) is 53.0 cm³/mol. The Balaban J connectivity index is 1.86. The fraction of sp³-hybridized carbons (Fsp3) is 0.900. The SMILES string of the molecule is CC1(NC(=O)[C@@H]2CCCO2)CCNC1. The molecule has 2 rings (SSSR count). The van der Waals surface area contributed by atoms with Gasteiger partial charge in [-0.3, -0.25) is 4.79 Å². The fourth-order valence-corrected chi connectivity index (χ4v) is 2.09. The number of carbonyl (C=O) groups is 1. The minimum Gasteiger partial charge on any atom is -0.368 e.